The number of aromatic nitrogens is 4. The molecule has 0 spiro atoms. The van der Waals surface area contributed by atoms with Crippen molar-refractivity contribution in [1.82, 2.24) is 24.5 Å². The lowest BCUT2D eigenvalue weighted by atomic mass is 9.78. The Morgan fingerprint density at radius 1 is 1.12 bits per heavy atom. The van der Waals surface area contributed by atoms with E-state index in [9.17, 15) is 33.3 Å². The fourth-order valence-corrected chi connectivity index (χ4v) is 6.26. The van der Waals surface area contributed by atoms with Gasteiger partial charge in [-0.15, -0.1) is 0 Å². The molecule has 0 radical (unpaired) electrons. The molecule has 6 N–H and O–H groups in total. The van der Waals surface area contributed by atoms with Crippen molar-refractivity contribution >= 4 is 11.4 Å². The van der Waals surface area contributed by atoms with E-state index in [0.29, 0.717) is 27.1 Å². The number of amides is 1. The van der Waals surface area contributed by atoms with E-state index >= 15 is 0 Å². The van der Waals surface area contributed by atoms with Gasteiger partial charge in [-0.3, -0.25) is 9.69 Å². The van der Waals surface area contributed by atoms with Gasteiger partial charge in [-0.25, -0.2) is 18.9 Å². The molecule has 2 unspecified atom stereocenters. The van der Waals surface area contributed by atoms with Crippen LogP contribution in [0.15, 0.2) is 49.2 Å². The van der Waals surface area contributed by atoms with Crippen LogP contribution in [0.3, 0.4) is 0 Å². The number of carbonyl (C=O) groups is 1. The minimum absolute atomic E-state index is 0.0991. The van der Waals surface area contributed by atoms with Crippen molar-refractivity contribution < 1.29 is 43.1 Å². The molecule has 1 aliphatic heterocycles. The van der Waals surface area contributed by atoms with Gasteiger partial charge in [0.2, 0.25) is 0 Å². The van der Waals surface area contributed by atoms with E-state index in [2.05, 4.69) is 19.8 Å². The number of hydrogen-bond donors (Lipinski definition) is 5. The molecule has 43 heavy (non-hydrogen) atoms. The summed E-state index contributed by atoms with van der Waals surface area (Å²) in [6, 6.07) is 4.36. The minimum Gasteiger partial charge on any atom is -0.431 e. The quantitative estimate of drug-likeness (QED) is 0.218. The molecule has 3 aromatic heterocycles. The Morgan fingerprint density at radius 3 is 2.40 bits per heavy atom. The van der Waals surface area contributed by atoms with E-state index in [1.54, 1.807) is 30.7 Å². The molecule has 2 bridgehead atoms. The molecule has 1 aromatic carbocycles. The highest BCUT2D eigenvalue weighted by atomic mass is 19.3. The maximum absolute atomic E-state index is 14.8. The number of ether oxygens (including phenoxy) is 1. The van der Waals surface area contributed by atoms with E-state index < -0.39 is 47.7 Å². The number of hydrogen-bond acceptors (Lipinski definition) is 10. The molecule has 4 heterocycles. The van der Waals surface area contributed by atoms with Crippen LogP contribution in [0, 0.1) is 5.82 Å². The first-order valence-corrected chi connectivity index (χ1v) is 13.3. The summed E-state index contributed by atoms with van der Waals surface area (Å²) in [6.45, 7) is -1.57. The second-order valence-electron chi connectivity index (χ2n) is 11.1. The number of rotatable bonds is 4. The van der Waals surface area contributed by atoms with Gasteiger partial charge in [0.15, 0.2) is 11.6 Å². The van der Waals surface area contributed by atoms with E-state index in [-0.39, 0.29) is 29.3 Å². The fourth-order valence-electron chi connectivity index (χ4n) is 6.26. The molecular formula is C28H27F3N6O6. The number of nitrogens with zero attached hydrogens (tertiary/aromatic N) is 5. The molecule has 15 heteroatoms. The largest absolute Gasteiger partial charge is 0.431 e. The zero-order chi connectivity index (χ0) is 30.8. The van der Waals surface area contributed by atoms with Crippen LogP contribution in [0.4, 0.5) is 13.2 Å². The Hall–Kier alpha value is -4.15. The normalized spacial score (nSPS) is 24.2. The summed E-state index contributed by atoms with van der Waals surface area (Å²) in [5.41, 5.74) is 6.94. The van der Waals surface area contributed by atoms with Crippen molar-refractivity contribution in [3.63, 3.8) is 0 Å². The summed E-state index contributed by atoms with van der Waals surface area (Å²) in [6.07, 6.45) is 4.00. The van der Waals surface area contributed by atoms with Crippen LogP contribution in [0.1, 0.15) is 65.3 Å². The van der Waals surface area contributed by atoms with Crippen molar-refractivity contribution in [2.75, 3.05) is 0 Å². The lowest BCUT2D eigenvalue weighted by Gasteiger charge is -2.38. The van der Waals surface area contributed by atoms with Gasteiger partial charge in [0, 0.05) is 52.8 Å². The first-order valence-electron chi connectivity index (χ1n) is 13.3. The molecule has 12 nitrogen and oxygen atoms in total. The Balaban J connectivity index is 0.000000415. The van der Waals surface area contributed by atoms with E-state index in [0.717, 1.165) is 25.0 Å². The van der Waals surface area contributed by atoms with Crippen LogP contribution in [-0.2, 0) is 0 Å². The molecule has 2 aliphatic carbocycles. The highest BCUT2D eigenvalue weighted by Gasteiger charge is 2.53. The molecule has 4 aromatic rings. The monoisotopic (exact) mass is 600 g/mol. The average Bonchev–Trinajstić information content (AvgIpc) is 3.41. The van der Waals surface area contributed by atoms with E-state index in [4.69, 9.17) is 10.8 Å². The van der Waals surface area contributed by atoms with E-state index in [1.807, 2.05) is 6.92 Å². The molecule has 3 aliphatic rings. The Labute approximate surface area is 241 Å². The van der Waals surface area contributed by atoms with Gasteiger partial charge >= 0.3 is 12.7 Å². The lowest BCUT2D eigenvalue weighted by molar-refractivity contribution is -0.385. The van der Waals surface area contributed by atoms with Crippen LogP contribution >= 0.6 is 0 Å². The van der Waals surface area contributed by atoms with Crippen molar-refractivity contribution in [3.8, 4) is 16.9 Å². The zero-order valence-electron chi connectivity index (χ0n) is 22.6. The summed E-state index contributed by atoms with van der Waals surface area (Å²) in [4.78, 5) is 21.7. The number of benzene rings is 1. The molecule has 0 saturated heterocycles. The zero-order valence-corrected chi connectivity index (χ0v) is 22.6. The standard InChI is InChI=1S/C23H16F3N5O5.C5H11NO/c24-14-2-1-12-17(20(14)36-22(25)26)13-6-16(31(21(12)32)23(33,34)35)19-18(13)15-5-10(3-4-30(15)29-19)11-7-27-9-28-8-11;1-5(7)2-4(6)3-5/h1-5,7-9,13,16,22,33-35H,6H2;4,7H,2-3,6H2,1H3. The van der Waals surface area contributed by atoms with Gasteiger partial charge in [0.25, 0.3) is 5.91 Å². The third-order valence-corrected chi connectivity index (χ3v) is 7.91. The molecule has 1 amide bonds. The van der Waals surface area contributed by atoms with Gasteiger partial charge in [-0.05, 0) is 56.0 Å². The molecule has 7 rings (SSSR count). The maximum Gasteiger partial charge on any atom is 0.387 e. The highest BCUT2D eigenvalue weighted by molar-refractivity contribution is 5.98. The third-order valence-electron chi connectivity index (χ3n) is 7.91. The molecule has 2 atom stereocenters. The minimum atomic E-state index is -3.62. The summed E-state index contributed by atoms with van der Waals surface area (Å²) in [5.74, 6) is -3.97. The first kappa shape index (κ1) is 28.9. The topological polar surface area (TPSA) is 180 Å². The summed E-state index contributed by atoms with van der Waals surface area (Å²) in [5, 5.41) is 43.7. The number of fused-ring (bicyclic) bond motifs is 9. The number of carbonyl (C=O) groups excluding carboxylic acids is 1. The molecule has 1 saturated carbocycles. The number of nitrogens with two attached hydrogens (primary N) is 1. The summed E-state index contributed by atoms with van der Waals surface area (Å²) in [7, 11) is 0. The van der Waals surface area contributed by atoms with Gasteiger partial charge in [0.05, 0.1) is 22.9 Å². The lowest BCUT2D eigenvalue weighted by Crippen LogP contribution is -2.53. The van der Waals surface area contributed by atoms with Crippen molar-refractivity contribution in [2.24, 2.45) is 5.73 Å². The van der Waals surface area contributed by atoms with Crippen LogP contribution in [0.25, 0.3) is 16.6 Å². The maximum atomic E-state index is 14.8. The second-order valence-corrected chi connectivity index (χ2v) is 11.1. The van der Waals surface area contributed by atoms with Gasteiger partial charge < -0.3 is 30.9 Å². The van der Waals surface area contributed by atoms with Crippen molar-refractivity contribution in [1.29, 1.82) is 0 Å². The predicted molar refractivity (Wildman–Crippen MR) is 142 cm³/mol. The Morgan fingerprint density at radius 2 is 1.81 bits per heavy atom. The smallest absolute Gasteiger partial charge is 0.387 e. The summed E-state index contributed by atoms with van der Waals surface area (Å²) >= 11 is 0. The van der Waals surface area contributed by atoms with Crippen LogP contribution in [0.5, 0.6) is 5.75 Å². The predicted octanol–water partition coefficient (Wildman–Crippen LogP) is 2.01. The Bertz CT molecular complexity index is 1700. The number of halogens is 3. The SMILES string of the molecule is CC1(O)CC(N)C1.O=C1c2ccc(F)c(OC(F)F)c2C2CC(c3nn4ccc(-c5cncnc5)cc4c32)N1C(O)(O)O. The first-order chi connectivity index (χ1) is 20.2. The van der Waals surface area contributed by atoms with Gasteiger partial charge in [0.1, 0.15) is 6.33 Å². The number of aliphatic hydroxyl groups is 4. The third kappa shape index (κ3) is 5.08. The van der Waals surface area contributed by atoms with Crippen molar-refractivity contribution in [3.05, 3.63) is 77.4 Å². The van der Waals surface area contributed by atoms with E-state index in [1.165, 1.54) is 10.8 Å². The summed E-state index contributed by atoms with van der Waals surface area (Å²) < 4.78 is 47.3. The number of pyridine rings is 1. The molecular weight excluding hydrogens is 573 g/mol. The van der Waals surface area contributed by atoms with Gasteiger partial charge in [-0.2, -0.15) is 13.9 Å². The van der Waals surface area contributed by atoms with Gasteiger partial charge in [-0.1, -0.05) is 0 Å². The number of alkyl halides is 2. The average molecular weight is 601 g/mol. The Kier molecular flexibility index (Phi) is 6.89. The van der Waals surface area contributed by atoms with Crippen LogP contribution in [-0.4, -0.2) is 75.2 Å². The van der Waals surface area contributed by atoms with Crippen LogP contribution in [0.2, 0.25) is 0 Å². The molecule has 226 valence electrons. The second kappa shape index (κ2) is 10.2. The van der Waals surface area contributed by atoms with Crippen LogP contribution < -0.4 is 10.5 Å². The molecule has 1 fully saturated rings. The fraction of sp³-hybridized carbons (Fsp3) is 0.357. The van der Waals surface area contributed by atoms with Crippen molar-refractivity contribution in [2.45, 2.75) is 62.5 Å². The highest BCUT2D eigenvalue weighted by Crippen LogP contribution is 2.55.